The van der Waals surface area contributed by atoms with Crippen LogP contribution in [0.1, 0.15) is 19.3 Å². The van der Waals surface area contributed by atoms with Gasteiger partial charge in [0.15, 0.2) is 0 Å². The lowest BCUT2D eigenvalue weighted by atomic mass is 10.00. The maximum absolute atomic E-state index is 13.4. The summed E-state index contributed by atoms with van der Waals surface area (Å²) in [7, 11) is -1.48. The van der Waals surface area contributed by atoms with Crippen molar-refractivity contribution in [3.8, 4) is 0 Å². The number of sulfonamides is 1. The molecule has 2 aliphatic heterocycles. The average Bonchev–Trinajstić information content (AvgIpc) is 3.35. The Bertz CT molecular complexity index is 1400. The predicted octanol–water partition coefficient (Wildman–Crippen LogP) is 4.31. The molecule has 39 heavy (non-hydrogen) atoms. The van der Waals surface area contributed by atoms with E-state index in [1.54, 1.807) is 53.0 Å². The number of piperidine rings is 1. The van der Waals surface area contributed by atoms with Crippen LogP contribution in [0, 0.1) is 11.7 Å². The van der Waals surface area contributed by atoms with Crippen molar-refractivity contribution in [3.05, 3.63) is 78.4 Å². The van der Waals surface area contributed by atoms with Crippen molar-refractivity contribution in [2.45, 2.75) is 24.2 Å². The monoisotopic (exact) mass is 551 g/mol. The third-order valence-corrected chi connectivity index (χ3v) is 8.96. The van der Waals surface area contributed by atoms with Crippen LogP contribution in [0.5, 0.6) is 0 Å². The molecule has 3 N–H and O–H groups in total. The van der Waals surface area contributed by atoms with E-state index in [2.05, 4.69) is 43.9 Å². The molecule has 0 amide bonds. The van der Waals surface area contributed by atoms with Crippen LogP contribution in [-0.2, 0) is 10.0 Å². The molecule has 0 spiro atoms. The van der Waals surface area contributed by atoms with Gasteiger partial charge in [0.25, 0.3) is 0 Å². The minimum atomic E-state index is -3.59. The Morgan fingerprint density at radius 3 is 2.49 bits per heavy atom. The molecule has 0 saturated carbocycles. The zero-order valence-corrected chi connectivity index (χ0v) is 22.8. The number of hydrogen-bond donors (Lipinski definition) is 3. The van der Waals surface area contributed by atoms with E-state index in [0.717, 1.165) is 38.9 Å². The van der Waals surface area contributed by atoms with E-state index in [1.807, 2.05) is 0 Å². The molecule has 1 unspecified atom stereocenters. The van der Waals surface area contributed by atoms with Crippen molar-refractivity contribution in [3.63, 3.8) is 0 Å². The summed E-state index contributed by atoms with van der Waals surface area (Å²) in [6.45, 7) is 3.74. The number of rotatable bonds is 10. The van der Waals surface area contributed by atoms with Crippen LogP contribution in [0.25, 0.3) is 0 Å². The molecule has 1 atom stereocenters. The number of halogens is 1. The number of nitrogens with one attached hydrogen (secondary N) is 3. The van der Waals surface area contributed by atoms with Crippen molar-refractivity contribution < 1.29 is 12.8 Å². The van der Waals surface area contributed by atoms with Crippen LogP contribution < -0.4 is 16.0 Å². The second-order valence-corrected chi connectivity index (χ2v) is 11.9. The molecule has 206 valence electrons. The minimum absolute atomic E-state index is 0.270. The molecule has 5 rings (SSSR count). The standard InChI is InChI=1S/C28H34FN7O2S/c1-35-16-3-5-25(35)19-30-18-21-4-2-17-36(20-21)39(37,38)26-12-10-24(11-13-26)33-28-31-15-14-27(34-28)32-23-8-6-22(29)7-9-23/h5-15,21,30H,2-4,16-20H2,1H3,(H2,31,32,33,34). The van der Waals surface area contributed by atoms with Crippen LogP contribution in [0.3, 0.4) is 0 Å². The van der Waals surface area contributed by atoms with Crippen LogP contribution in [0.15, 0.2) is 77.5 Å². The molecule has 2 aliphatic rings. The number of benzene rings is 2. The lowest BCUT2D eigenvalue weighted by Crippen LogP contribution is -2.43. The van der Waals surface area contributed by atoms with Crippen molar-refractivity contribution in [2.24, 2.45) is 5.92 Å². The molecule has 1 saturated heterocycles. The zero-order valence-electron chi connectivity index (χ0n) is 22.0. The molecule has 3 aromatic rings. The highest BCUT2D eigenvalue weighted by Gasteiger charge is 2.30. The predicted molar refractivity (Wildman–Crippen MR) is 151 cm³/mol. The second kappa shape index (κ2) is 12.1. The fourth-order valence-electron chi connectivity index (χ4n) is 4.91. The molecule has 0 aliphatic carbocycles. The van der Waals surface area contributed by atoms with Crippen molar-refractivity contribution in [1.29, 1.82) is 0 Å². The van der Waals surface area contributed by atoms with Gasteiger partial charge in [0.2, 0.25) is 16.0 Å². The van der Waals surface area contributed by atoms with Crippen LogP contribution in [0.2, 0.25) is 0 Å². The molecule has 0 bridgehead atoms. The summed E-state index contributed by atoms with van der Waals surface area (Å²) in [5.74, 6) is 0.867. The third-order valence-electron chi connectivity index (χ3n) is 7.08. The minimum Gasteiger partial charge on any atom is -0.377 e. The highest BCUT2D eigenvalue weighted by atomic mass is 32.2. The van der Waals surface area contributed by atoms with Gasteiger partial charge in [0, 0.05) is 56.5 Å². The summed E-state index contributed by atoms with van der Waals surface area (Å²) in [5.41, 5.74) is 2.68. The lowest BCUT2D eigenvalue weighted by Gasteiger charge is -2.32. The maximum atomic E-state index is 13.4. The van der Waals surface area contributed by atoms with E-state index in [1.165, 1.54) is 17.8 Å². The molecule has 3 heterocycles. The number of anilines is 4. The summed E-state index contributed by atoms with van der Waals surface area (Å²) in [4.78, 5) is 11.2. The van der Waals surface area contributed by atoms with Gasteiger partial charge in [-0.25, -0.2) is 17.8 Å². The Morgan fingerprint density at radius 1 is 1.00 bits per heavy atom. The van der Waals surface area contributed by atoms with E-state index in [4.69, 9.17) is 0 Å². The van der Waals surface area contributed by atoms with Gasteiger partial charge in [-0.2, -0.15) is 9.29 Å². The first kappa shape index (κ1) is 27.0. The number of nitrogens with zero attached hydrogens (tertiary/aromatic N) is 4. The summed E-state index contributed by atoms with van der Waals surface area (Å²) >= 11 is 0. The zero-order chi connectivity index (χ0) is 27.2. The van der Waals surface area contributed by atoms with Crippen molar-refractivity contribution in [1.82, 2.24) is 24.5 Å². The SMILES string of the molecule is CN1CCC=C1CNCC1CCCN(S(=O)(=O)c2ccc(Nc3nccc(Nc4ccc(F)cc4)n3)cc2)C1. The Kier molecular flexibility index (Phi) is 8.39. The Morgan fingerprint density at radius 2 is 1.74 bits per heavy atom. The normalized spacial score (nSPS) is 18.2. The summed E-state index contributed by atoms with van der Waals surface area (Å²) in [6, 6.07) is 14.3. The molecule has 1 fully saturated rings. The second-order valence-electron chi connectivity index (χ2n) is 9.95. The Labute approximate surface area is 229 Å². The number of likely N-dealkylation sites (N-methyl/N-ethyl adjacent to an activating group) is 1. The first-order valence-corrected chi connectivity index (χ1v) is 14.6. The lowest BCUT2D eigenvalue weighted by molar-refractivity contribution is 0.260. The summed E-state index contributed by atoms with van der Waals surface area (Å²) in [5, 5.41) is 9.73. The molecule has 11 heteroatoms. The fourth-order valence-corrected chi connectivity index (χ4v) is 6.46. The fraction of sp³-hybridized carbons (Fsp3) is 0.357. The molecule has 1 aromatic heterocycles. The summed E-state index contributed by atoms with van der Waals surface area (Å²) < 4.78 is 41.5. The first-order valence-electron chi connectivity index (χ1n) is 13.2. The maximum Gasteiger partial charge on any atom is 0.243 e. The largest absolute Gasteiger partial charge is 0.377 e. The van der Waals surface area contributed by atoms with Crippen LogP contribution in [-0.4, -0.2) is 67.4 Å². The van der Waals surface area contributed by atoms with E-state index >= 15 is 0 Å². The molecule has 9 nitrogen and oxygen atoms in total. The van der Waals surface area contributed by atoms with Gasteiger partial charge in [-0.15, -0.1) is 0 Å². The van der Waals surface area contributed by atoms with Crippen molar-refractivity contribution in [2.75, 3.05) is 50.4 Å². The summed E-state index contributed by atoms with van der Waals surface area (Å²) in [6.07, 6.45) is 6.83. The highest BCUT2D eigenvalue weighted by Crippen LogP contribution is 2.25. The Balaban J connectivity index is 1.17. The van der Waals surface area contributed by atoms with Gasteiger partial charge in [0.1, 0.15) is 11.6 Å². The van der Waals surface area contributed by atoms with E-state index in [-0.39, 0.29) is 16.6 Å². The van der Waals surface area contributed by atoms with Gasteiger partial charge in [0.05, 0.1) is 4.90 Å². The van der Waals surface area contributed by atoms with Gasteiger partial charge in [-0.3, -0.25) is 0 Å². The van der Waals surface area contributed by atoms with Crippen molar-refractivity contribution >= 4 is 33.2 Å². The average molecular weight is 552 g/mol. The van der Waals surface area contributed by atoms with Crippen LogP contribution >= 0.6 is 0 Å². The topological polar surface area (TPSA) is 102 Å². The quantitative estimate of drug-likeness (QED) is 0.343. The smallest absolute Gasteiger partial charge is 0.243 e. The molecular weight excluding hydrogens is 517 g/mol. The van der Waals surface area contributed by atoms with Gasteiger partial charge in [-0.1, -0.05) is 6.08 Å². The molecular formula is C28H34FN7O2S. The van der Waals surface area contributed by atoms with Crippen LogP contribution in [0.4, 0.5) is 27.5 Å². The molecule has 0 radical (unpaired) electrons. The van der Waals surface area contributed by atoms with E-state index in [0.29, 0.717) is 36.2 Å². The first-order chi connectivity index (χ1) is 18.9. The van der Waals surface area contributed by atoms with Gasteiger partial charge in [-0.05, 0) is 86.3 Å². The third kappa shape index (κ3) is 6.92. The number of aromatic nitrogens is 2. The van der Waals surface area contributed by atoms with Gasteiger partial charge < -0.3 is 20.9 Å². The Hall–Kier alpha value is -3.54. The van der Waals surface area contributed by atoms with E-state index in [9.17, 15) is 12.8 Å². The number of hydrogen-bond acceptors (Lipinski definition) is 8. The van der Waals surface area contributed by atoms with Gasteiger partial charge >= 0.3 is 0 Å². The highest BCUT2D eigenvalue weighted by molar-refractivity contribution is 7.89. The molecule has 2 aromatic carbocycles. The van der Waals surface area contributed by atoms with E-state index < -0.39 is 10.0 Å².